The van der Waals surface area contributed by atoms with Crippen molar-refractivity contribution < 1.29 is 28.6 Å². The van der Waals surface area contributed by atoms with E-state index in [0.717, 1.165) is 77.0 Å². The van der Waals surface area contributed by atoms with Gasteiger partial charge in [-0.3, -0.25) is 14.4 Å². The van der Waals surface area contributed by atoms with Gasteiger partial charge in [0.2, 0.25) is 0 Å². The monoisotopic (exact) mass is 967 g/mol. The average molecular weight is 968 g/mol. The summed E-state index contributed by atoms with van der Waals surface area (Å²) in [6, 6.07) is 0. The highest BCUT2D eigenvalue weighted by atomic mass is 16.6. The van der Waals surface area contributed by atoms with E-state index in [2.05, 4.69) is 69.4 Å². The molecule has 402 valence electrons. The summed E-state index contributed by atoms with van der Waals surface area (Å²) in [7, 11) is 0. The number of ether oxygens (including phenoxy) is 3. The maximum absolute atomic E-state index is 12.9. The Morgan fingerprint density at radius 3 is 0.841 bits per heavy atom. The van der Waals surface area contributed by atoms with Gasteiger partial charge >= 0.3 is 17.9 Å². The van der Waals surface area contributed by atoms with Crippen molar-refractivity contribution in [3.8, 4) is 0 Å². The van der Waals surface area contributed by atoms with Crippen LogP contribution in [-0.2, 0) is 28.6 Å². The van der Waals surface area contributed by atoms with E-state index in [1.54, 1.807) is 0 Å². The zero-order valence-corrected chi connectivity index (χ0v) is 46.1. The lowest BCUT2D eigenvalue weighted by atomic mass is 10.0. The maximum Gasteiger partial charge on any atom is 0.306 e. The molecule has 69 heavy (non-hydrogen) atoms. The fourth-order valence-electron chi connectivity index (χ4n) is 8.79. The average Bonchev–Trinajstić information content (AvgIpc) is 3.35. The number of unbranched alkanes of at least 4 members (excludes halogenated alkanes) is 38. The second-order valence-electron chi connectivity index (χ2n) is 20.3. The first-order valence-electron chi connectivity index (χ1n) is 30.2. The van der Waals surface area contributed by atoms with Crippen LogP contribution in [0.5, 0.6) is 0 Å². The summed E-state index contributed by atoms with van der Waals surface area (Å²) in [6.45, 7) is 6.64. The van der Waals surface area contributed by atoms with Crippen molar-refractivity contribution in [1.29, 1.82) is 0 Å². The van der Waals surface area contributed by atoms with Gasteiger partial charge in [-0.1, -0.05) is 275 Å². The van der Waals surface area contributed by atoms with Gasteiger partial charge in [-0.15, -0.1) is 0 Å². The second kappa shape index (κ2) is 57.9. The molecule has 1 atom stereocenters. The summed E-state index contributed by atoms with van der Waals surface area (Å²) in [6.07, 6.45) is 71.0. The minimum absolute atomic E-state index is 0.0797. The van der Waals surface area contributed by atoms with Crippen LogP contribution < -0.4 is 0 Å². The van der Waals surface area contributed by atoms with E-state index < -0.39 is 6.10 Å². The summed E-state index contributed by atoms with van der Waals surface area (Å²) in [5.41, 5.74) is 0. The molecule has 0 N–H and O–H groups in total. The van der Waals surface area contributed by atoms with E-state index in [1.807, 2.05) is 0 Å². The molecule has 6 nitrogen and oxygen atoms in total. The van der Waals surface area contributed by atoms with Crippen LogP contribution in [0.15, 0.2) is 48.6 Å². The molecule has 0 saturated heterocycles. The Hall–Kier alpha value is -2.63. The van der Waals surface area contributed by atoms with Gasteiger partial charge in [-0.2, -0.15) is 0 Å². The topological polar surface area (TPSA) is 78.9 Å². The smallest absolute Gasteiger partial charge is 0.306 e. The highest BCUT2D eigenvalue weighted by Crippen LogP contribution is 2.16. The van der Waals surface area contributed by atoms with Crippen LogP contribution in [0.3, 0.4) is 0 Å². The van der Waals surface area contributed by atoms with E-state index in [1.165, 1.54) is 199 Å². The van der Waals surface area contributed by atoms with E-state index in [9.17, 15) is 14.4 Å². The fraction of sp³-hybridized carbons (Fsp3) is 0.825. The Labute approximate surface area is 428 Å². The Morgan fingerprint density at radius 1 is 0.290 bits per heavy atom. The molecule has 6 heteroatoms. The minimum Gasteiger partial charge on any atom is -0.462 e. The minimum atomic E-state index is -0.784. The molecule has 0 spiro atoms. The van der Waals surface area contributed by atoms with Crippen LogP contribution >= 0.6 is 0 Å². The summed E-state index contributed by atoms with van der Waals surface area (Å²) in [5.74, 6) is -0.887. The molecule has 0 aliphatic rings. The van der Waals surface area contributed by atoms with Gasteiger partial charge in [-0.25, -0.2) is 0 Å². The van der Waals surface area contributed by atoms with Crippen molar-refractivity contribution in [1.82, 2.24) is 0 Å². The first kappa shape index (κ1) is 66.4. The predicted molar refractivity (Wildman–Crippen MR) is 298 cm³/mol. The lowest BCUT2D eigenvalue weighted by Crippen LogP contribution is -2.30. The van der Waals surface area contributed by atoms with Gasteiger partial charge in [0.25, 0.3) is 0 Å². The van der Waals surface area contributed by atoms with Crippen LogP contribution in [0, 0.1) is 0 Å². The predicted octanol–water partition coefficient (Wildman–Crippen LogP) is 20.2. The summed E-state index contributed by atoms with van der Waals surface area (Å²) >= 11 is 0. The van der Waals surface area contributed by atoms with Crippen molar-refractivity contribution in [2.75, 3.05) is 13.2 Å². The van der Waals surface area contributed by atoms with Crippen LogP contribution in [0.1, 0.15) is 316 Å². The van der Waals surface area contributed by atoms with Crippen molar-refractivity contribution >= 4 is 17.9 Å². The number of carbonyl (C=O) groups is 3. The molecule has 0 aliphatic heterocycles. The summed E-state index contributed by atoms with van der Waals surface area (Å²) < 4.78 is 16.9. The second-order valence-corrected chi connectivity index (χ2v) is 20.3. The molecule has 0 heterocycles. The fourth-order valence-corrected chi connectivity index (χ4v) is 8.79. The number of carbonyl (C=O) groups excluding carboxylic acids is 3. The van der Waals surface area contributed by atoms with Crippen molar-refractivity contribution in [3.63, 3.8) is 0 Å². The Morgan fingerprint density at radius 2 is 0.536 bits per heavy atom. The third-order valence-corrected chi connectivity index (χ3v) is 13.4. The van der Waals surface area contributed by atoms with Gasteiger partial charge < -0.3 is 14.2 Å². The highest BCUT2D eigenvalue weighted by molar-refractivity contribution is 5.71. The molecule has 0 radical (unpaired) electrons. The van der Waals surface area contributed by atoms with Crippen LogP contribution in [0.2, 0.25) is 0 Å². The SMILES string of the molecule is CCCCCCC\C=C/C=C\C=C/CCCCCCCC(=O)OC(COC(=O)CCCCCCCCC/C=C\CCCCCCCCCC)COC(=O)CCCCCCCCCCCCCCCC. The third kappa shape index (κ3) is 56.2. The third-order valence-electron chi connectivity index (χ3n) is 13.4. The van der Waals surface area contributed by atoms with E-state index in [0.29, 0.717) is 19.3 Å². The Bertz CT molecular complexity index is 1200. The molecular formula is C63H114O6. The van der Waals surface area contributed by atoms with Gasteiger partial charge in [-0.05, 0) is 70.6 Å². The number of rotatable bonds is 55. The molecule has 0 aromatic carbocycles. The Balaban J connectivity index is 4.39. The zero-order valence-electron chi connectivity index (χ0n) is 46.1. The normalized spacial score (nSPS) is 12.3. The molecule has 0 amide bonds. The molecule has 0 aromatic heterocycles. The lowest BCUT2D eigenvalue weighted by Gasteiger charge is -2.18. The number of hydrogen-bond donors (Lipinski definition) is 0. The summed E-state index contributed by atoms with van der Waals surface area (Å²) in [4.78, 5) is 38.2. The van der Waals surface area contributed by atoms with Gasteiger partial charge in [0.05, 0.1) is 0 Å². The lowest BCUT2D eigenvalue weighted by molar-refractivity contribution is -0.167. The number of hydrogen-bond acceptors (Lipinski definition) is 6. The van der Waals surface area contributed by atoms with E-state index in [-0.39, 0.29) is 31.1 Å². The molecule has 0 saturated carbocycles. The largest absolute Gasteiger partial charge is 0.462 e. The molecular weight excluding hydrogens is 853 g/mol. The van der Waals surface area contributed by atoms with E-state index >= 15 is 0 Å². The molecule has 0 fully saturated rings. The molecule has 0 bridgehead atoms. The van der Waals surface area contributed by atoms with Crippen molar-refractivity contribution in [2.45, 2.75) is 322 Å². The molecule has 0 aromatic rings. The number of esters is 3. The molecule has 0 aliphatic carbocycles. The van der Waals surface area contributed by atoms with Gasteiger partial charge in [0.15, 0.2) is 6.10 Å². The van der Waals surface area contributed by atoms with Crippen LogP contribution in [0.25, 0.3) is 0 Å². The van der Waals surface area contributed by atoms with E-state index in [4.69, 9.17) is 14.2 Å². The highest BCUT2D eigenvalue weighted by Gasteiger charge is 2.19. The Kier molecular flexibility index (Phi) is 55.7. The number of allylic oxidation sites excluding steroid dienone is 8. The quantitative estimate of drug-likeness (QED) is 0.0199. The standard InChI is InChI=1S/C63H114O6/c1-4-7-10-13-16-19-22-25-28-30-32-34-35-38-41-44-47-50-53-56-62(65)68-59-60(58-67-61(64)55-52-49-46-43-40-37-27-24-21-18-15-12-9-6-3)69-63(66)57-54-51-48-45-42-39-36-33-31-29-26-23-20-17-14-11-8-5-2/h23,26,29-33,36,60H,4-22,24-25,27-28,34-35,37-59H2,1-3H3/b26-23-,31-29-,32-30-,36-33-. The van der Waals surface area contributed by atoms with Gasteiger partial charge in [0, 0.05) is 19.3 Å². The molecule has 0 rings (SSSR count). The maximum atomic E-state index is 12.9. The van der Waals surface area contributed by atoms with Crippen LogP contribution in [0.4, 0.5) is 0 Å². The zero-order chi connectivity index (χ0) is 50.0. The van der Waals surface area contributed by atoms with Crippen LogP contribution in [-0.4, -0.2) is 37.2 Å². The first-order valence-corrected chi connectivity index (χ1v) is 30.2. The summed E-state index contributed by atoms with van der Waals surface area (Å²) in [5, 5.41) is 0. The first-order chi connectivity index (χ1) is 34.0. The van der Waals surface area contributed by atoms with Crippen molar-refractivity contribution in [3.05, 3.63) is 48.6 Å². The van der Waals surface area contributed by atoms with Gasteiger partial charge in [0.1, 0.15) is 13.2 Å². The van der Waals surface area contributed by atoms with Crippen molar-refractivity contribution in [2.24, 2.45) is 0 Å². The molecule has 1 unspecified atom stereocenters.